The van der Waals surface area contributed by atoms with E-state index >= 15 is 0 Å². The van der Waals surface area contributed by atoms with Gasteiger partial charge in [-0.2, -0.15) is 0 Å². The van der Waals surface area contributed by atoms with Crippen LogP contribution >= 0.6 is 0 Å². The molecule has 1 aliphatic carbocycles. The Labute approximate surface area is 118 Å². The van der Waals surface area contributed by atoms with Crippen LogP contribution in [0.5, 0.6) is 0 Å². The van der Waals surface area contributed by atoms with Gasteiger partial charge in [0.15, 0.2) is 0 Å². The molecule has 1 aromatic carbocycles. The Morgan fingerprint density at radius 3 is 2.85 bits per heavy atom. The summed E-state index contributed by atoms with van der Waals surface area (Å²) in [5, 5.41) is 3.34. The second-order valence-corrected chi connectivity index (χ2v) is 5.05. The molecule has 1 aromatic rings. The summed E-state index contributed by atoms with van der Waals surface area (Å²) >= 11 is 0. The Balaban J connectivity index is 2.07. The molecule has 2 unspecified atom stereocenters. The minimum absolute atomic E-state index is 0.0448. The van der Waals surface area contributed by atoms with E-state index in [-0.39, 0.29) is 17.7 Å². The van der Waals surface area contributed by atoms with Crippen molar-refractivity contribution in [1.29, 1.82) is 0 Å². The number of nitrogens with one attached hydrogen (secondary N) is 1. The fourth-order valence-electron chi connectivity index (χ4n) is 2.61. The first-order valence-electron chi connectivity index (χ1n) is 6.81. The van der Waals surface area contributed by atoms with Crippen molar-refractivity contribution in [1.82, 2.24) is 0 Å². The predicted octanol–water partition coefficient (Wildman–Crippen LogP) is 2.98. The van der Waals surface area contributed by atoms with Crippen LogP contribution in [-0.4, -0.2) is 32.3 Å². The first-order valence-corrected chi connectivity index (χ1v) is 6.81. The van der Waals surface area contributed by atoms with Crippen LogP contribution < -0.4 is 5.32 Å². The minimum atomic E-state index is -0.662. The summed E-state index contributed by atoms with van der Waals surface area (Å²) in [6.45, 7) is 0. The minimum Gasteiger partial charge on any atom is -0.465 e. The lowest BCUT2D eigenvalue weighted by atomic mass is 9.92. The highest BCUT2D eigenvalue weighted by Crippen LogP contribution is 2.25. The van der Waals surface area contributed by atoms with Crippen LogP contribution in [0, 0.1) is 5.82 Å². The van der Waals surface area contributed by atoms with E-state index in [1.54, 1.807) is 13.2 Å². The monoisotopic (exact) mass is 281 g/mol. The number of rotatable bonds is 4. The molecule has 110 valence electrons. The number of esters is 1. The summed E-state index contributed by atoms with van der Waals surface area (Å²) < 4.78 is 23.5. The second kappa shape index (κ2) is 6.70. The normalized spacial score (nSPS) is 22.4. The molecule has 0 spiro atoms. The summed E-state index contributed by atoms with van der Waals surface area (Å²) in [6.07, 6.45) is 4.40. The van der Waals surface area contributed by atoms with Gasteiger partial charge in [0.1, 0.15) is 5.82 Å². The Morgan fingerprint density at radius 1 is 1.35 bits per heavy atom. The molecule has 1 aliphatic rings. The SMILES string of the molecule is COC(=O)c1cc(NC2CCCC(OC)C2)ccc1F. The number of hydrogen-bond donors (Lipinski definition) is 1. The van der Waals surface area contributed by atoms with Crippen LogP contribution in [0.2, 0.25) is 0 Å². The number of anilines is 1. The molecule has 0 aromatic heterocycles. The van der Waals surface area contributed by atoms with Gasteiger partial charge >= 0.3 is 5.97 Å². The Bertz CT molecular complexity index is 478. The van der Waals surface area contributed by atoms with E-state index < -0.39 is 11.8 Å². The maximum absolute atomic E-state index is 13.6. The number of carbonyl (C=O) groups is 1. The fraction of sp³-hybridized carbons (Fsp3) is 0.533. The molecule has 20 heavy (non-hydrogen) atoms. The zero-order valence-corrected chi connectivity index (χ0v) is 11.8. The van der Waals surface area contributed by atoms with E-state index in [0.717, 1.165) is 31.4 Å². The number of carbonyl (C=O) groups excluding carboxylic acids is 1. The third kappa shape index (κ3) is 3.48. The number of halogens is 1. The van der Waals surface area contributed by atoms with Gasteiger partial charge in [-0.15, -0.1) is 0 Å². The third-order valence-corrected chi connectivity index (χ3v) is 3.70. The van der Waals surface area contributed by atoms with E-state index in [1.165, 1.54) is 19.2 Å². The van der Waals surface area contributed by atoms with Crippen LogP contribution in [0.3, 0.4) is 0 Å². The average molecular weight is 281 g/mol. The van der Waals surface area contributed by atoms with Crippen LogP contribution in [0.1, 0.15) is 36.0 Å². The summed E-state index contributed by atoms with van der Waals surface area (Å²) in [5.41, 5.74) is 0.685. The molecule has 0 amide bonds. The van der Waals surface area contributed by atoms with Gasteiger partial charge in [-0.25, -0.2) is 9.18 Å². The Kier molecular flexibility index (Phi) is 4.95. The van der Waals surface area contributed by atoms with Crippen molar-refractivity contribution >= 4 is 11.7 Å². The molecular formula is C15H20FNO3. The van der Waals surface area contributed by atoms with Crippen LogP contribution in [0.4, 0.5) is 10.1 Å². The van der Waals surface area contributed by atoms with E-state index in [9.17, 15) is 9.18 Å². The van der Waals surface area contributed by atoms with Crippen LogP contribution in [0.15, 0.2) is 18.2 Å². The smallest absolute Gasteiger partial charge is 0.340 e. The second-order valence-electron chi connectivity index (χ2n) is 5.05. The summed E-state index contributed by atoms with van der Waals surface area (Å²) in [5.74, 6) is -1.23. The molecule has 0 bridgehead atoms. The maximum Gasteiger partial charge on any atom is 0.340 e. The van der Waals surface area contributed by atoms with Crippen molar-refractivity contribution in [3.63, 3.8) is 0 Å². The molecule has 4 nitrogen and oxygen atoms in total. The molecule has 0 aliphatic heterocycles. The van der Waals surface area contributed by atoms with Gasteiger partial charge in [-0.3, -0.25) is 0 Å². The van der Waals surface area contributed by atoms with Crippen molar-refractivity contribution in [3.8, 4) is 0 Å². The van der Waals surface area contributed by atoms with Crippen LogP contribution in [-0.2, 0) is 9.47 Å². The number of ether oxygens (including phenoxy) is 2. The third-order valence-electron chi connectivity index (χ3n) is 3.70. The lowest BCUT2D eigenvalue weighted by Gasteiger charge is -2.29. The molecule has 5 heteroatoms. The predicted molar refractivity (Wildman–Crippen MR) is 74.4 cm³/mol. The van der Waals surface area contributed by atoms with Gasteiger partial charge in [0.05, 0.1) is 18.8 Å². The van der Waals surface area contributed by atoms with Crippen molar-refractivity contribution < 1.29 is 18.7 Å². The zero-order valence-electron chi connectivity index (χ0n) is 11.8. The highest BCUT2D eigenvalue weighted by molar-refractivity contribution is 5.90. The highest BCUT2D eigenvalue weighted by atomic mass is 19.1. The molecule has 0 saturated heterocycles. The van der Waals surface area contributed by atoms with E-state index in [2.05, 4.69) is 10.1 Å². The molecule has 1 N–H and O–H groups in total. The van der Waals surface area contributed by atoms with Gasteiger partial charge < -0.3 is 14.8 Å². The lowest BCUT2D eigenvalue weighted by Crippen LogP contribution is -2.31. The summed E-state index contributed by atoms with van der Waals surface area (Å²) in [4.78, 5) is 11.5. The van der Waals surface area contributed by atoms with Crippen molar-refractivity contribution in [2.75, 3.05) is 19.5 Å². The molecule has 2 rings (SSSR count). The Hall–Kier alpha value is -1.62. The summed E-state index contributed by atoms with van der Waals surface area (Å²) in [7, 11) is 2.96. The first-order chi connectivity index (χ1) is 9.63. The quantitative estimate of drug-likeness (QED) is 0.862. The highest BCUT2D eigenvalue weighted by Gasteiger charge is 2.22. The summed E-state index contributed by atoms with van der Waals surface area (Å²) in [6, 6.07) is 4.70. The molecule has 2 atom stereocenters. The maximum atomic E-state index is 13.6. The largest absolute Gasteiger partial charge is 0.465 e. The van der Waals surface area contributed by atoms with Gasteiger partial charge in [0.25, 0.3) is 0 Å². The topological polar surface area (TPSA) is 47.6 Å². The van der Waals surface area contributed by atoms with E-state index in [0.29, 0.717) is 0 Å². The lowest BCUT2D eigenvalue weighted by molar-refractivity contribution is 0.0595. The number of hydrogen-bond acceptors (Lipinski definition) is 4. The molecule has 0 radical (unpaired) electrons. The Morgan fingerprint density at radius 2 is 2.15 bits per heavy atom. The molecule has 1 saturated carbocycles. The fourth-order valence-corrected chi connectivity index (χ4v) is 2.61. The van der Waals surface area contributed by atoms with E-state index in [1.807, 2.05) is 0 Å². The van der Waals surface area contributed by atoms with Crippen molar-refractivity contribution in [2.24, 2.45) is 0 Å². The van der Waals surface area contributed by atoms with Crippen LogP contribution in [0.25, 0.3) is 0 Å². The first kappa shape index (κ1) is 14.8. The average Bonchev–Trinajstić information content (AvgIpc) is 2.48. The van der Waals surface area contributed by atoms with Gasteiger partial charge in [-0.1, -0.05) is 0 Å². The molecule has 1 fully saturated rings. The van der Waals surface area contributed by atoms with Crippen molar-refractivity contribution in [2.45, 2.75) is 37.8 Å². The standard InChI is InChI=1S/C15H20FNO3/c1-19-12-5-3-4-10(8-12)17-11-6-7-14(16)13(9-11)15(18)20-2/h6-7,9-10,12,17H,3-5,8H2,1-2H3. The number of methoxy groups -OCH3 is 2. The van der Waals surface area contributed by atoms with E-state index in [4.69, 9.17) is 4.74 Å². The molecule has 0 heterocycles. The molecular weight excluding hydrogens is 261 g/mol. The van der Waals surface area contributed by atoms with Crippen molar-refractivity contribution in [3.05, 3.63) is 29.6 Å². The van der Waals surface area contributed by atoms with Gasteiger partial charge in [0, 0.05) is 18.8 Å². The van der Waals surface area contributed by atoms with Gasteiger partial charge in [0.2, 0.25) is 0 Å². The number of benzene rings is 1. The zero-order chi connectivity index (χ0) is 14.5. The van der Waals surface area contributed by atoms with Gasteiger partial charge in [-0.05, 0) is 43.9 Å².